The number of aromatic amines is 1. The maximum absolute atomic E-state index is 14.1. The topological polar surface area (TPSA) is 49.0 Å². The normalized spacial score (nSPS) is 13.7. The van der Waals surface area contributed by atoms with Crippen LogP contribution < -0.4 is 0 Å². The Morgan fingerprint density at radius 3 is 2.96 bits per heavy atom. The molecule has 0 fully saturated rings. The number of halogens is 2. The van der Waals surface area contributed by atoms with E-state index in [2.05, 4.69) is 10.2 Å². The number of rotatable bonds is 4. The van der Waals surface area contributed by atoms with Crippen molar-refractivity contribution >= 4 is 17.2 Å². The number of aryl methyl sites for hydroxylation is 1. The van der Waals surface area contributed by atoms with Crippen molar-refractivity contribution in [3.63, 3.8) is 0 Å². The molecule has 1 aliphatic heterocycles. The summed E-state index contributed by atoms with van der Waals surface area (Å²) in [7, 11) is 0. The van der Waals surface area contributed by atoms with Gasteiger partial charge in [0.05, 0.1) is 0 Å². The fourth-order valence-corrected chi connectivity index (χ4v) is 3.96. The van der Waals surface area contributed by atoms with Crippen molar-refractivity contribution in [2.24, 2.45) is 0 Å². The highest BCUT2D eigenvalue weighted by Gasteiger charge is 2.26. The molecule has 2 aromatic heterocycles. The molecule has 4 rings (SSSR count). The monoisotopic (exact) mass is 373 g/mol. The van der Waals surface area contributed by atoms with Gasteiger partial charge in [0.15, 0.2) is 0 Å². The molecular weight excluding hydrogens is 356 g/mol. The summed E-state index contributed by atoms with van der Waals surface area (Å²) in [5, 5.41) is 9.15. The van der Waals surface area contributed by atoms with Gasteiger partial charge in [-0.3, -0.25) is 9.89 Å². The summed E-state index contributed by atoms with van der Waals surface area (Å²) in [6.07, 6.45) is 1.83. The van der Waals surface area contributed by atoms with Crippen LogP contribution in [0.15, 0.2) is 35.7 Å². The SMILES string of the molecule is O=C(CCc1cccs1)N1CCc2[nH]nc(-c3ccc(F)cc3F)c2C1. The van der Waals surface area contributed by atoms with Gasteiger partial charge in [-0.1, -0.05) is 6.07 Å². The maximum atomic E-state index is 14.1. The van der Waals surface area contributed by atoms with Gasteiger partial charge >= 0.3 is 0 Å². The zero-order chi connectivity index (χ0) is 18.1. The van der Waals surface area contributed by atoms with Crippen LogP contribution in [0, 0.1) is 11.6 Å². The Bertz CT molecular complexity index is 936. The van der Waals surface area contributed by atoms with E-state index in [-0.39, 0.29) is 11.5 Å². The van der Waals surface area contributed by atoms with Gasteiger partial charge in [-0.05, 0) is 30.0 Å². The highest BCUT2D eigenvalue weighted by atomic mass is 32.1. The second-order valence-electron chi connectivity index (χ2n) is 6.30. The van der Waals surface area contributed by atoms with Crippen LogP contribution in [0.2, 0.25) is 0 Å². The standard InChI is InChI=1S/C19H17F2N3OS/c20-12-3-5-14(16(21)10-12)19-15-11-24(8-7-17(15)22-23-19)18(25)6-4-13-2-1-9-26-13/h1-3,5,9-10H,4,6-8,11H2,(H,22,23). The van der Waals surface area contributed by atoms with Crippen LogP contribution in [0.3, 0.4) is 0 Å². The zero-order valence-electron chi connectivity index (χ0n) is 14.0. The van der Waals surface area contributed by atoms with E-state index < -0.39 is 11.6 Å². The summed E-state index contributed by atoms with van der Waals surface area (Å²) in [6.45, 7) is 1.01. The molecule has 3 heterocycles. The number of hydrogen-bond acceptors (Lipinski definition) is 3. The minimum Gasteiger partial charge on any atom is -0.338 e. The molecule has 1 aliphatic rings. The van der Waals surface area contributed by atoms with Gasteiger partial charge < -0.3 is 4.90 Å². The number of benzene rings is 1. The van der Waals surface area contributed by atoms with Crippen LogP contribution in [-0.2, 0) is 24.2 Å². The first-order valence-corrected chi connectivity index (χ1v) is 9.31. The summed E-state index contributed by atoms with van der Waals surface area (Å²) >= 11 is 1.65. The molecule has 134 valence electrons. The summed E-state index contributed by atoms with van der Waals surface area (Å²) in [6, 6.07) is 7.46. The molecule has 0 bridgehead atoms. The van der Waals surface area contributed by atoms with Gasteiger partial charge in [0.2, 0.25) is 5.91 Å². The predicted octanol–water partition coefficient (Wildman–Crippen LogP) is 3.93. The lowest BCUT2D eigenvalue weighted by molar-refractivity contribution is -0.132. The van der Waals surface area contributed by atoms with Gasteiger partial charge in [-0.25, -0.2) is 8.78 Å². The smallest absolute Gasteiger partial charge is 0.223 e. The zero-order valence-corrected chi connectivity index (χ0v) is 14.8. The van der Waals surface area contributed by atoms with Gasteiger partial charge in [-0.2, -0.15) is 5.10 Å². The first-order chi connectivity index (χ1) is 12.6. The minimum atomic E-state index is -0.652. The number of nitrogens with zero attached hydrogens (tertiary/aromatic N) is 2. The van der Waals surface area contributed by atoms with E-state index in [4.69, 9.17) is 0 Å². The Morgan fingerprint density at radius 2 is 2.19 bits per heavy atom. The number of H-pyrrole nitrogens is 1. The largest absolute Gasteiger partial charge is 0.338 e. The molecule has 0 saturated heterocycles. The van der Waals surface area contributed by atoms with E-state index in [0.717, 1.165) is 23.7 Å². The lowest BCUT2D eigenvalue weighted by Crippen LogP contribution is -2.36. The van der Waals surface area contributed by atoms with Crippen molar-refractivity contribution in [3.05, 3.63) is 63.5 Å². The van der Waals surface area contributed by atoms with E-state index in [0.29, 0.717) is 31.6 Å². The molecule has 0 saturated carbocycles. The Morgan fingerprint density at radius 1 is 1.31 bits per heavy atom. The van der Waals surface area contributed by atoms with Gasteiger partial charge in [-0.15, -0.1) is 11.3 Å². The minimum absolute atomic E-state index is 0.0794. The molecule has 1 N–H and O–H groups in total. The third kappa shape index (κ3) is 3.26. The lowest BCUT2D eigenvalue weighted by Gasteiger charge is -2.27. The number of nitrogens with one attached hydrogen (secondary N) is 1. The van der Waals surface area contributed by atoms with Crippen molar-refractivity contribution in [3.8, 4) is 11.3 Å². The van der Waals surface area contributed by atoms with E-state index in [1.54, 1.807) is 16.2 Å². The molecule has 3 aromatic rings. The van der Waals surface area contributed by atoms with E-state index >= 15 is 0 Å². The van der Waals surface area contributed by atoms with Crippen LogP contribution in [-0.4, -0.2) is 27.5 Å². The van der Waals surface area contributed by atoms with Crippen molar-refractivity contribution in [2.75, 3.05) is 6.54 Å². The third-order valence-corrected chi connectivity index (χ3v) is 5.57. The third-order valence-electron chi connectivity index (χ3n) is 4.64. The average Bonchev–Trinajstić information content (AvgIpc) is 3.29. The molecule has 26 heavy (non-hydrogen) atoms. The van der Waals surface area contributed by atoms with Crippen LogP contribution in [0.25, 0.3) is 11.3 Å². The molecule has 4 nitrogen and oxygen atoms in total. The molecule has 1 aromatic carbocycles. The molecule has 0 atom stereocenters. The summed E-state index contributed by atoms with van der Waals surface area (Å²) in [5.41, 5.74) is 2.42. The number of amides is 1. The van der Waals surface area contributed by atoms with Crippen molar-refractivity contribution in [1.82, 2.24) is 15.1 Å². The summed E-state index contributed by atoms with van der Waals surface area (Å²) in [5.74, 6) is -1.20. The van der Waals surface area contributed by atoms with E-state index in [1.807, 2.05) is 17.5 Å². The van der Waals surface area contributed by atoms with E-state index in [9.17, 15) is 13.6 Å². The Kier molecular flexibility index (Phi) is 4.55. The number of carbonyl (C=O) groups excluding carboxylic acids is 1. The number of hydrogen-bond donors (Lipinski definition) is 1. The number of aromatic nitrogens is 2. The quantitative estimate of drug-likeness (QED) is 0.753. The number of carbonyl (C=O) groups is 1. The second kappa shape index (κ2) is 6.99. The number of thiophene rings is 1. The Labute approximate surface area is 153 Å². The first-order valence-electron chi connectivity index (χ1n) is 8.43. The Hall–Kier alpha value is -2.54. The van der Waals surface area contributed by atoms with Crippen LogP contribution in [0.5, 0.6) is 0 Å². The average molecular weight is 373 g/mol. The summed E-state index contributed by atoms with van der Waals surface area (Å²) in [4.78, 5) is 15.5. The van der Waals surface area contributed by atoms with Gasteiger partial charge in [0, 0.05) is 53.7 Å². The molecule has 0 aliphatic carbocycles. The second-order valence-corrected chi connectivity index (χ2v) is 7.33. The fraction of sp³-hybridized carbons (Fsp3) is 0.263. The molecule has 0 unspecified atom stereocenters. The Balaban J connectivity index is 1.52. The summed E-state index contributed by atoms with van der Waals surface area (Å²) < 4.78 is 27.3. The van der Waals surface area contributed by atoms with Gasteiger partial charge in [0.25, 0.3) is 0 Å². The predicted molar refractivity (Wildman–Crippen MR) is 95.7 cm³/mol. The van der Waals surface area contributed by atoms with Crippen LogP contribution >= 0.6 is 11.3 Å². The highest BCUT2D eigenvalue weighted by molar-refractivity contribution is 7.09. The molecular formula is C19H17F2N3OS. The van der Waals surface area contributed by atoms with Crippen molar-refractivity contribution < 1.29 is 13.6 Å². The first kappa shape index (κ1) is 16.9. The van der Waals surface area contributed by atoms with Crippen molar-refractivity contribution in [2.45, 2.75) is 25.8 Å². The highest BCUT2D eigenvalue weighted by Crippen LogP contribution is 2.30. The number of fused-ring (bicyclic) bond motifs is 1. The van der Waals surface area contributed by atoms with E-state index in [1.165, 1.54) is 17.0 Å². The van der Waals surface area contributed by atoms with Gasteiger partial charge in [0.1, 0.15) is 17.3 Å². The lowest BCUT2D eigenvalue weighted by atomic mass is 10.00. The molecule has 0 radical (unpaired) electrons. The molecule has 1 amide bonds. The van der Waals surface area contributed by atoms with Crippen LogP contribution in [0.4, 0.5) is 8.78 Å². The van der Waals surface area contributed by atoms with Crippen molar-refractivity contribution in [1.29, 1.82) is 0 Å². The maximum Gasteiger partial charge on any atom is 0.223 e. The molecule has 7 heteroatoms. The fourth-order valence-electron chi connectivity index (χ4n) is 3.26. The molecule has 0 spiro atoms. The van der Waals surface area contributed by atoms with Crippen LogP contribution in [0.1, 0.15) is 22.6 Å².